The molecule has 2 rings (SSSR count). The Balaban J connectivity index is 2.40. The smallest absolute Gasteiger partial charge is 0.298 e. The highest BCUT2D eigenvalue weighted by Crippen LogP contribution is 2.28. The van der Waals surface area contributed by atoms with Crippen LogP contribution in [0.3, 0.4) is 0 Å². The zero-order chi connectivity index (χ0) is 14.0. The first-order chi connectivity index (χ1) is 8.91. The van der Waals surface area contributed by atoms with E-state index in [2.05, 4.69) is 9.97 Å². The maximum Gasteiger partial charge on any atom is 0.433 e. The summed E-state index contributed by atoms with van der Waals surface area (Å²) < 4.78 is 50.0. The molecule has 0 spiro atoms. The van der Waals surface area contributed by atoms with E-state index in [4.69, 9.17) is 0 Å². The summed E-state index contributed by atoms with van der Waals surface area (Å²) in [4.78, 5) is 17.5. The highest BCUT2D eigenvalue weighted by atomic mass is 19.4. The summed E-state index contributed by atoms with van der Waals surface area (Å²) in [6, 6.07) is 3.10. The number of rotatable bonds is 2. The summed E-state index contributed by atoms with van der Waals surface area (Å²) in [6.45, 7) is 0. The Kier molecular flexibility index (Phi) is 3.28. The second kappa shape index (κ2) is 4.75. The van der Waals surface area contributed by atoms with Crippen LogP contribution in [-0.4, -0.2) is 16.3 Å². The average Bonchev–Trinajstić information content (AvgIpc) is 2.38. The van der Waals surface area contributed by atoms with E-state index in [1.54, 1.807) is 0 Å². The summed E-state index contributed by atoms with van der Waals surface area (Å²) >= 11 is 0. The van der Waals surface area contributed by atoms with Crippen LogP contribution in [0.1, 0.15) is 16.1 Å². The van der Waals surface area contributed by atoms with Gasteiger partial charge < -0.3 is 0 Å². The van der Waals surface area contributed by atoms with Gasteiger partial charge in [-0.05, 0) is 18.2 Å². The fourth-order valence-corrected chi connectivity index (χ4v) is 1.42. The molecule has 3 nitrogen and oxygen atoms in total. The van der Waals surface area contributed by atoms with Gasteiger partial charge in [-0.1, -0.05) is 0 Å². The summed E-state index contributed by atoms with van der Waals surface area (Å²) in [5.74, 6) is -0.793. The number of alkyl halides is 3. The third-order valence-electron chi connectivity index (χ3n) is 2.36. The molecule has 0 saturated heterocycles. The van der Waals surface area contributed by atoms with E-state index in [0.717, 1.165) is 30.6 Å². The van der Waals surface area contributed by atoms with E-state index < -0.39 is 17.7 Å². The Hall–Kier alpha value is -2.31. The molecule has 0 fully saturated rings. The first-order valence-electron chi connectivity index (χ1n) is 5.06. The van der Waals surface area contributed by atoms with Crippen molar-refractivity contribution in [3.8, 4) is 11.3 Å². The zero-order valence-electron chi connectivity index (χ0n) is 9.28. The Bertz CT molecular complexity index is 608. The van der Waals surface area contributed by atoms with Crippen molar-refractivity contribution >= 4 is 6.29 Å². The summed E-state index contributed by atoms with van der Waals surface area (Å²) in [6.07, 6.45) is -2.42. The molecule has 0 radical (unpaired) electrons. The van der Waals surface area contributed by atoms with Crippen LogP contribution >= 0.6 is 0 Å². The van der Waals surface area contributed by atoms with Gasteiger partial charge in [-0.3, -0.25) is 14.8 Å². The van der Waals surface area contributed by atoms with E-state index in [-0.39, 0.29) is 16.8 Å². The topological polar surface area (TPSA) is 42.9 Å². The second-order valence-electron chi connectivity index (χ2n) is 3.64. The molecular weight excluding hydrogens is 264 g/mol. The molecule has 7 heteroatoms. The highest BCUT2D eigenvalue weighted by Gasteiger charge is 2.32. The van der Waals surface area contributed by atoms with Crippen LogP contribution in [0.4, 0.5) is 17.6 Å². The Morgan fingerprint density at radius 2 is 1.84 bits per heavy atom. The van der Waals surface area contributed by atoms with E-state index in [1.807, 2.05) is 0 Å². The predicted octanol–water partition coefficient (Wildman–Crippen LogP) is 3.11. The molecule has 0 aromatic carbocycles. The first kappa shape index (κ1) is 13.1. The number of aldehydes is 1. The molecule has 0 amide bonds. The van der Waals surface area contributed by atoms with Crippen LogP contribution in [-0.2, 0) is 6.18 Å². The van der Waals surface area contributed by atoms with Crippen molar-refractivity contribution in [2.45, 2.75) is 6.18 Å². The zero-order valence-corrected chi connectivity index (χ0v) is 9.28. The molecule has 0 N–H and O–H groups in total. The lowest BCUT2D eigenvalue weighted by molar-refractivity contribution is -0.141. The number of carbonyl (C=O) groups excluding carboxylic acids is 1. The molecule has 0 aliphatic rings. The molecule has 0 aliphatic carbocycles. The molecule has 0 aliphatic heterocycles. The fraction of sp³-hybridized carbons (Fsp3) is 0.0833. The number of aromatic nitrogens is 2. The van der Waals surface area contributed by atoms with E-state index in [0.29, 0.717) is 6.29 Å². The predicted molar refractivity (Wildman–Crippen MR) is 57.8 cm³/mol. The molecule has 2 aromatic heterocycles. The van der Waals surface area contributed by atoms with Crippen molar-refractivity contribution < 1.29 is 22.4 Å². The molecule has 2 aromatic rings. The number of hydrogen-bond donors (Lipinski definition) is 0. The van der Waals surface area contributed by atoms with Gasteiger partial charge in [0.1, 0.15) is 5.69 Å². The third-order valence-corrected chi connectivity index (χ3v) is 2.36. The van der Waals surface area contributed by atoms with Crippen LogP contribution in [0.15, 0.2) is 30.6 Å². The second-order valence-corrected chi connectivity index (χ2v) is 3.64. The van der Waals surface area contributed by atoms with E-state index in [1.165, 1.54) is 0 Å². The average molecular weight is 270 g/mol. The first-order valence-corrected chi connectivity index (χ1v) is 5.06. The third kappa shape index (κ3) is 2.75. The summed E-state index contributed by atoms with van der Waals surface area (Å²) in [5, 5.41) is 0. The molecule has 98 valence electrons. The Labute approximate surface area is 104 Å². The fourth-order valence-electron chi connectivity index (χ4n) is 1.42. The van der Waals surface area contributed by atoms with Crippen molar-refractivity contribution in [2.75, 3.05) is 0 Å². The molecule has 0 atom stereocenters. The Morgan fingerprint density at radius 1 is 1.11 bits per heavy atom. The summed E-state index contributed by atoms with van der Waals surface area (Å²) in [7, 11) is 0. The van der Waals surface area contributed by atoms with Crippen LogP contribution in [0, 0.1) is 5.82 Å². The number of pyridine rings is 2. The molecule has 19 heavy (non-hydrogen) atoms. The highest BCUT2D eigenvalue weighted by molar-refractivity contribution is 5.77. The summed E-state index contributed by atoms with van der Waals surface area (Å²) in [5.41, 5.74) is -0.820. The minimum atomic E-state index is -4.53. The number of carbonyl (C=O) groups is 1. The molecule has 0 bridgehead atoms. The normalized spacial score (nSPS) is 11.4. The van der Waals surface area contributed by atoms with Gasteiger partial charge >= 0.3 is 6.18 Å². The van der Waals surface area contributed by atoms with Crippen molar-refractivity contribution in [3.63, 3.8) is 0 Å². The number of nitrogens with zero attached hydrogens (tertiary/aromatic N) is 2. The van der Waals surface area contributed by atoms with Gasteiger partial charge in [0.25, 0.3) is 0 Å². The largest absolute Gasteiger partial charge is 0.433 e. The van der Waals surface area contributed by atoms with Crippen molar-refractivity contribution in [1.82, 2.24) is 9.97 Å². The van der Waals surface area contributed by atoms with Gasteiger partial charge in [0.2, 0.25) is 0 Å². The Morgan fingerprint density at radius 3 is 2.37 bits per heavy atom. The lowest BCUT2D eigenvalue weighted by Crippen LogP contribution is -2.07. The molecule has 2 heterocycles. The van der Waals surface area contributed by atoms with Gasteiger partial charge in [-0.2, -0.15) is 13.2 Å². The van der Waals surface area contributed by atoms with Gasteiger partial charge in [0.05, 0.1) is 17.5 Å². The lowest BCUT2D eigenvalue weighted by Gasteiger charge is -2.06. The van der Waals surface area contributed by atoms with Crippen LogP contribution in [0.25, 0.3) is 11.3 Å². The SMILES string of the molecule is O=Cc1cc(-c2ccc(C(F)(F)F)nc2)ncc1F. The van der Waals surface area contributed by atoms with Crippen molar-refractivity contribution in [1.29, 1.82) is 0 Å². The molecular formula is C12H6F4N2O. The minimum absolute atomic E-state index is 0.171. The van der Waals surface area contributed by atoms with Crippen molar-refractivity contribution in [2.24, 2.45) is 0 Å². The van der Waals surface area contributed by atoms with Gasteiger partial charge in [0.15, 0.2) is 12.1 Å². The van der Waals surface area contributed by atoms with Crippen LogP contribution in [0.5, 0.6) is 0 Å². The van der Waals surface area contributed by atoms with Gasteiger partial charge in [-0.25, -0.2) is 4.39 Å². The molecule has 0 saturated carbocycles. The van der Waals surface area contributed by atoms with Gasteiger partial charge in [-0.15, -0.1) is 0 Å². The quantitative estimate of drug-likeness (QED) is 0.622. The minimum Gasteiger partial charge on any atom is -0.298 e. The standard InChI is InChI=1S/C12H6F4N2O/c13-9-5-17-10(3-8(9)6-19)7-1-2-11(18-4-7)12(14,15)16/h1-6H. The monoisotopic (exact) mass is 270 g/mol. The van der Waals surface area contributed by atoms with Crippen LogP contribution < -0.4 is 0 Å². The number of hydrogen-bond acceptors (Lipinski definition) is 3. The van der Waals surface area contributed by atoms with E-state index in [9.17, 15) is 22.4 Å². The maximum absolute atomic E-state index is 13.0. The van der Waals surface area contributed by atoms with Gasteiger partial charge in [0, 0.05) is 11.8 Å². The molecule has 0 unspecified atom stereocenters. The number of halogens is 4. The van der Waals surface area contributed by atoms with E-state index >= 15 is 0 Å². The van der Waals surface area contributed by atoms with Crippen molar-refractivity contribution in [3.05, 3.63) is 47.7 Å². The lowest BCUT2D eigenvalue weighted by atomic mass is 10.1. The van der Waals surface area contributed by atoms with Crippen LogP contribution in [0.2, 0.25) is 0 Å². The maximum atomic E-state index is 13.0.